The van der Waals surface area contributed by atoms with Crippen molar-refractivity contribution in [2.75, 3.05) is 11.9 Å². The van der Waals surface area contributed by atoms with Crippen LogP contribution in [0, 0.1) is 6.92 Å². The third kappa shape index (κ3) is 3.95. The fourth-order valence-corrected chi connectivity index (χ4v) is 1.64. The summed E-state index contributed by atoms with van der Waals surface area (Å²) in [5, 5.41) is 3.19. The first-order valence-electron chi connectivity index (χ1n) is 6.53. The minimum Gasteiger partial charge on any atom is -0.487 e. The molecular formula is C15H19N3O. The quantitative estimate of drug-likeness (QED) is 0.863. The Morgan fingerprint density at radius 1 is 1.16 bits per heavy atom. The van der Waals surface area contributed by atoms with E-state index in [9.17, 15) is 0 Å². The van der Waals surface area contributed by atoms with Crippen LogP contribution in [0.2, 0.25) is 0 Å². The molecule has 4 nitrogen and oxygen atoms in total. The first kappa shape index (κ1) is 13.3. The summed E-state index contributed by atoms with van der Waals surface area (Å²) in [6.07, 6.45) is 4.56. The van der Waals surface area contributed by atoms with Gasteiger partial charge in [-0.3, -0.25) is 4.98 Å². The van der Waals surface area contributed by atoms with E-state index in [-0.39, 0.29) is 0 Å². The summed E-state index contributed by atoms with van der Waals surface area (Å²) in [6, 6.07) is 7.95. The molecule has 0 aliphatic carbocycles. The van der Waals surface area contributed by atoms with Gasteiger partial charge in [0.15, 0.2) is 0 Å². The van der Waals surface area contributed by atoms with Gasteiger partial charge >= 0.3 is 0 Å². The zero-order valence-corrected chi connectivity index (χ0v) is 11.4. The Morgan fingerprint density at radius 2 is 2.00 bits per heavy atom. The van der Waals surface area contributed by atoms with E-state index in [1.807, 2.05) is 31.2 Å². The molecule has 0 radical (unpaired) electrons. The van der Waals surface area contributed by atoms with Crippen LogP contribution in [0.4, 0.5) is 5.82 Å². The number of hydrogen-bond donors (Lipinski definition) is 1. The standard InChI is InChI=1S/C15H19N3O/c1-3-8-16-15-10-17-13(9-18-15)11-19-14-7-5-4-6-12(14)2/h4-7,9-10H,3,8,11H2,1-2H3,(H,16,18). The molecule has 0 amide bonds. The zero-order chi connectivity index (χ0) is 13.5. The van der Waals surface area contributed by atoms with E-state index in [0.29, 0.717) is 6.61 Å². The number of benzene rings is 1. The van der Waals surface area contributed by atoms with Crippen LogP contribution in [0.1, 0.15) is 24.6 Å². The van der Waals surface area contributed by atoms with Crippen molar-refractivity contribution in [1.29, 1.82) is 0 Å². The molecule has 0 spiro atoms. The molecule has 1 aromatic heterocycles. The summed E-state index contributed by atoms with van der Waals surface area (Å²) < 4.78 is 5.72. The van der Waals surface area contributed by atoms with Crippen molar-refractivity contribution in [1.82, 2.24) is 9.97 Å². The van der Waals surface area contributed by atoms with Gasteiger partial charge in [-0.05, 0) is 25.0 Å². The number of nitrogens with one attached hydrogen (secondary N) is 1. The lowest BCUT2D eigenvalue weighted by Crippen LogP contribution is -2.05. The van der Waals surface area contributed by atoms with Crippen LogP contribution in [0.25, 0.3) is 0 Å². The second-order valence-electron chi connectivity index (χ2n) is 4.37. The van der Waals surface area contributed by atoms with E-state index in [4.69, 9.17) is 4.74 Å². The van der Waals surface area contributed by atoms with Crippen molar-refractivity contribution in [2.45, 2.75) is 26.9 Å². The van der Waals surface area contributed by atoms with E-state index >= 15 is 0 Å². The summed E-state index contributed by atoms with van der Waals surface area (Å²) in [5.41, 5.74) is 1.95. The van der Waals surface area contributed by atoms with Crippen molar-refractivity contribution < 1.29 is 4.74 Å². The molecule has 0 aliphatic rings. The molecule has 0 unspecified atom stereocenters. The highest BCUT2D eigenvalue weighted by atomic mass is 16.5. The molecular weight excluding hydrogens is 238 g/mol. The van der Waals surface area contributed by atoms with Gasteiger partial charge in [0.25, 0.3) is 0 Å². The Kier molecular flexibility index (Phi) is 4.72. The van der Waals surface area contributed by atoms with Gasteiger partial charge in [-0.15, -0.1) is 0 Å². The Balaban J connectivity index is 1.91. The first-order valence-corrected chi connectivity index (χ1v) is 6.53. The lowest BCUT2D eigenvalue weighted by Gasteiger charge is -2.08. The molecule has 100 valence electrons. The molecule has 0 aliphatic heterocycles. The highest BCUT2D eigenvalue weighted by Gasteiger charge is 2.01. The third-order valence-corrected chi connectivity index (χ3v) is 2.73. The number of anilines is 1. The molecule has 1 N–H and O–H groups in total. The molecule has 0 saturated carbocycles. The minimum absolute atomic E-state index is 0.436. The number of ether oxygens (including phenoxy) is 1. The second-order valence-corrected chi connectivity index (χ2v) is 4.37. The maximum atomic E-state index is 5.72. The topological polar surface area (TPSA) is 47.0 Å². The summed E-state index contributed by atoms with van der Waals surface area (Å²) in [7, 11) is 0. The SMILES string of the molecule is CCCNc1cnc(COc2ccccc2C)cn1. The Hall–Kier alpha value is -2.10. The summed E-state index contributed by atoms with van der Waals surface area (Å²) >= 11 is 0. The average molecular weight is 257 g/mol. The molecule has 2 aromatic rings. The highest BCUT2D eigenvalue weighted by Crippen LogP contribution is 2.17. The van der Waals surface area contributed by atoms with Crippen LogP contribution in [0.5, 0.6) is 5.75 Å². The van der Waals surface area contributed by atoms with Gasteiger partial charge in [-0.25, -0.2) is 4.98 Å². The molecule has 0 bridgehead atoms. The number of rotatable bonds is 6. The van der Waals surface area contributed by atoms with Crippen LogP contribution in [0.3, 0.4) is 0 Å². The molecule has 1 aromatic carbocycles. The normalized spacial score (nSPS) is 10.2. The molecule has 0 atom stereocenters. The van der Waals surface area contributed by atoms with Crippen LogP contribution in [-0.2, 0) is 6.61 Å². The number of aromatic nitrogens is 2. The van der Waals surface area contributed by atoms with Gasteiger partial charge in [0, 0.05) is 6.54 Å². The number of nitrogens with zero attached hydrogens (tertiary/aromatic N) is 2. The lowest BCUT2D eigenvalue weighted by molar-refractivity contribution is 0.299. The molecule has 0 saturated heterocycles. The van der Waals surface area contributed by atoms with E-state index < -0.39 is 0 Å². The monoisotopic (exact) mass is 257 g/mol. The van der Waals surface area contributed by atoms with Crippen molar-refractivity contribution in [3.8, 4) is 5.75 Å². The molecule has 2 rings (SSSR count). The van der Waals surface area contributed by atoms with Crippen LogP contribution < -0.4 is 10.1 Å². The van der Waals surface area contributed by atoms with E-state index in [0.717, 1.165) is 35.8 Å². The summed E-state index contributed by atoms with van der Waals surface area (Å²) in [6.45, 7) is 5.49. The van der Waals surface area contributed by atoms with E-state index in [1.165, 1.54) is 0 Å². The fraction of sp³-hybridized carbons (Fsp3) is 0.333. The third-order valence-electron chi connectivity index (χ3n) is 2.73. The summed E-state index contributed by atoms with van der Waals surface area (Å²) in [4.78, 5) is 8.62. The van der Waals surface area contributed by atoms with Gasteiger partial charge in [0.1, 0.15) is 18.2 Å². The van der Waals surface area contributed by atoms with Crippen molar-refractivity contribution in [3.63, 3.8) is 0 Å². The van der Waals surface area contributed by atoms with Gasteiger partial charge in [-0.2, -0.15) is 0 Å². The van der Waals surface area contributed by atoms with Crippen molar-refractivity contribution in [3.05, 3.63) is 47.9 Å². The maximum absolute atomic E-state index is 5.72. The summed E-state index contributed by atoms with van der Waals surface area (Å²) in [5.74, 6) is 1.69. The lowest BCUT2D eigenvalue weighted by atomic mass is 10.2. The number of aryl methyl sites for hydroxylation is 1. The van der Waals surface area contributed by atoms with E-state index in [1.54, 1.807) is 12.4 Å². The Labute approximate surface area is 113 Å². The second kappa shape index (κ2) is 6.73. The Bertz CT molecular complexity index is 511. The maximum Gasteiger partial charge on any atom is 0.144 e. The van der Waals surface area contributed by atoms with Crippen molar-refractivity contribution in [2.24, 2.45) is 0 Å². The molecule has 19 heavy (non-hydrogen) atoms. The predicted octanol–water partition coefficient (Wildman–Crippen LogP) is 3.19. The van der Waals surface area contributed by atoms with Gasteiger partial charge in [0.05, 0.1) is 18.1 Å². The number of hydrogen-bond acceptors (Lipinski definition) is 4. The molecule has 1 heterocycles. The van der Waals surface area contributed by atoms with Crippen LogP contribution in [-0.4, -0.2) is 16.5 Å². The fourth-order valence-electron chi connectivity index (χ4n) is 1.64. The highest BCUT2D eigenvalue weighted by molar-refractivity contribution is 5.32. The van der Waals surface area contributed by atoms with Crippen LogP contribution >= 0.6 is 0 Å². The molecule has 0 fully saturated rings. The average Bonchev–Trinajstić information content (AvgIpc) is 2.45. The number of para-hydroxylation sites is 1. The van der Waals surface area contributed by atoms with Gasteiger partial charge < -0.3 is 10.1 Å². The van der Waals surface area contributed by atoms with Gasteiger partial charge in [0.2, 0.25) is 0 Å². The zero-order valence-electron chi connectivity index (χ0n) is 11.4. The smallest absolute Gasteiger partial charge is 0.144 e. The largest absolute Gasteiger partial charge is 0.487 e. The van der Waals surface area contributed by atoms with Gasteiger partial charge in [-0.1, -0.05) is 25.1 Å². The first-order chi connectivity index (χ1) is 9.29. The van der Waals surface area contributed by atoms with Crippen LogP contribution in [0.15, 0.2) is 36.7 Å². The predicted molar refractivity (Wildman–Crippen MR) is 76.3 cm³/mol. The molecule has 4 heteroatoms. The Morgan fingerprint density at radius 3 is 2.68 bits per heavy atom. The van der Waals surface area contributed by atoms with Crippen molar-refractivity contribution >= 4 is 5.82 Å². The minimum atomic E-state index is 0.436. The van der Waals surface area contributed by atoms with E-state index in [2.05, 4.69) is 22.2 Å².